The van der Waals surface area contributed by atoms with Crippen molar-refractivity contribution in [2.24, 2.45) is 0 Å². The van der Waals surface area contributed by atoms with Crippen LogP contribution in [0.2, 0.25) is 0 Å². The Morgan fingerprint density at radius 1 is 1.45 bits per heavy atom. The first kappa shape index (κ1) is 16.7. The Hall–Kier alpha value is -1.34. The van der Waals surface area contributed by atoms with Crippen LogP contribution in [0.25, 0.3) is 0 Å². The van der Waals surface area contributed by atoms with E-state index in [1.54, 1.807) is 0 Å². The number of nitrogens with one attached hydrogen (secondary N) is 2. The largest absolute Gasteiger partial charge is 0.382 e. The number of nitrogens with two attached hydrogens (primary N) is 1. The Morgan fingerprint density at radius 3 is 2.75 bits per heavy atom. The minimum atomic E-state index is -0.151. The molecule has 1 aromatic rings. The number of nitrogens with zero attached hydrogens (tertiary/aromatic N) is 2. The summed E-state index contributed by atoms with van der Waals surface area (Å²) in [5, 5.41) is 6.72. The van der Waals surface area contributed by atoms with Gasteiger partial charge in [0.1, 0.15) is 10.7 Å². The molecule has 0 fully saturated rings. The van der Waals surface area contributed by atoms with Gasteiger partial charge in [0.15, 0.2) is 5.13 Å². The quantitative estimate of drug-likeness (QED) is 0.679. The molecule has 0 saturated carbocycles. The molecule has 20 heavy (non-hydrogen) atoms. The molecule has 0 bridgehead atoms. The summed E-state index contributed by atoms with van der Waals surface area (Å²) in [7, 11) is 2.03. The normalized spacial score (nSPS) is 11.1. The fourth-order valence-electron chi connectivity index (χ4n) is 1.49. The second-order valence-electron chi connectivity index (χ2n) is 4.99. The van der Waals surface area contributed by atoms with Crippen LogP contribution in [0.15, 0.2) is 0 Å². The van der Waals surface area contributed by atoms with E-state index in [1.165, 1.54) is 11.3 Å². The van der Waals surface area contributed by atoms with Crippen molar-refractivity contribution >= 4 is 28.2 Å². The first-order chi connectivity index (χ1) is 9.45. The van der Waals surface area contributed by atoms with Crippen LogP contribution < -0.4 is 16.4 Å². The van der Waals surface area contributed by atoms with Gasteiger partial charge in [-0.15, -0.1) is 0 Å². The molecule has 1 amide bonds. The predicted molar refractivity (Wildman–Crippen MR) is 85.4 cm³/mol. The SMILES string of the molecule is CCCNc1nc(N)c(C(=O)NCCN(C)C(C)C)s1. The number of carbonyl (C=O) groups excluding carboxylic acids is 1. The molecular formula is C13H25N5OS. The maximum Gasteiger partial charge on any atom is 0.265 e. The Bertz CT molecular complexity index is 432. The van der Waals surface area contributed by atoms with E-state index in [4.69, 9.17) is 5.73 Å². The van der Waals surface area contributed by atoms with E-state index in [9.17, 15) is 4.79 Å². The van der Waals surface area contributed by atoms with Crippen LogP contribution in [0.5, 0.6) is 0 Å². The Kier molecular flexibility index (Phi) is 6.74. The third-order valence-electron chi connectivity index (χ3n) is 3.02. The topological polar surface area (TPSA) is 83.3 Å². The second-order valence-corrected chi connectivity index (χ2v) is 5.99. The Balaban J connectivity index is 2.48. The highest BCUT2D eigenvalue weighted by Crippen LogP contribution is 2.24. The smallest absolute Gasteiger partial charge is 0.265 e. The van der Waals surface area contributed by atoms with E-state index >= 15 is 0 Å². The van der Waals surface area contributed by atoms with Gasteiger partial charge in [-0.2, -0.15) is 0 Å². The number of rotatable bonds is 8. The molecule has 0 aliphatic carbocycles. The van der Waals surface area contributed by atoms with Gasteiger partial charge in [-0.05, 0) is 27.3 Å². The summed E-state index contributed by atoms with van der Waals surface area (Å²) in [6, 6.07) is 0.463. The number of likely N-dealkylation sites (N-methyl/N-ethyl adjacent to an activating group) is 1. The number of anilines is 2. The van der Waals surface area contributed by atoms with Crippen LogP contribution >= 0.6 is 11.3 Å². The lowest BCUT2D eigenvalue weighted by Crippen LogP contribution is -2.36. The van der Waals surface area contributed by atoms with Crippen molar-refractivity contribution in [2.75, 3.05) is 37.7 Å². The number of carbonyl (C=O) groups is 1. The first-order valence-corrected chi connectivity index (χ1v) is 7.76. The molecule has 0 radical (unpaired) electrons. The van der Waals surface area contributed by atoms with Gasteiger partial charge >= 0.3 is 0 Å². The van der Waals surface area contributed by atoms with Crippen molar-refractivity contribution in [2.45, 2.75) is 33.2 Å². The van der Waals surface area contributed by atoms with E-state index in [0.717, 1.165) is 19.5 Å². The van der Waals surface area contributed by atoms with Gasteiger partial charge in [0, 0.05) is 25.7 Å². The van der Waals surface area contributed by atoms with Crippen molar-refractivity contribution < 1.29 is 4.79 Å². The van der Waals surface area contributed by atoms with Crippen molar-refractivity contribution in [1.82, 2.24) is 15.2 Å². The average molecular weight is 299 g/mol. The summed E-state index contributed by atoms with van der Waals surface area (Å²) in [4.78, 5) is 18.8. The molecule has 4 N–H and O–H groups in total. The molecule has 1 aromatic heterocycles. The molecule has 1 rings (SSSR count). The highest BCUT2D eigenvalue weighted by Gasteiger charge is 2.15. The molecule has 0 saturated heterocycles. The van der Waals surface area contributed by atoms with Gasteiger partial charge in [0.2, 0.25) is 0 Å². The monoisotopic (exact) mass is 299 g/mol. The van der Waals surface area contributed by atoms with Gasteiger partial charge in [0.25, 0.3) is 5.91 Å². The lowest BCUT2D eigenvalue weighted by molar-refractivity contribution is 0.0953. The molecular weight excluding hydrogens is 274 g/mol. The zero-order chi connectivity index (χ0) is 15.1. The molecule has 0 aliphatic rings. The minimum Gasteiger partial charge on any atom is -0.382 e. The summed E-state index contributed by atoms with van der Waals surface area (Å²) in [6.45, 7) is 8.55. The maximum absolute atomic E-state index is 12.0. The van der Waals surface area contributed by atoms with Gasteiger partial charge in [-0.25, -0.2) is 4.98 Å². The number of nitrogen functional groups attached to an aromatic ring is 1. The Labute approximate surface area is 124 Å². The van der Waals surface area contributed by atoms with Gasteiger partial charge in [-0.3, -0.25) is 4.79 Å². The van der Waals surface area contributed by atoms with E-state index in [1.807, 2.05) is 7.05 Å². The molecule has 1 heterocycles. The van der Waals surface area contributed by atoms with Crippen LogP contribution in [0.3, 0.4) is 0 Å². The molecule has 0 aromatic carbocycles. The third kappa shape index (κ3) is 4.97. The first-order valence-electron chi connectivity index (χ1n) is 6.94. The summed E-state index contributed by atoms with van der Waals surface area (Å²) < 4.78 is 0. The Morgan fingerprint density at radius 2 is 2.15 bits per heavy atom. The van der Waals surface area contributed by atoms with Crippen LogP contribution in [0, 0.1) is 0 Å². The van der Waals surface area contributed by atoms with Crippen molar-refractivity contribution in [3.63, 3.8) is 0 Å². The molecule has 0 atom stereocenters. The van der Waals surface area contributed by atoms with Crippen LogP contribution in [0.1, 0.15) is 36.9 Å². The van der Waals surface area contributed by atoms with E-state index in [2.05, 4.69) is 41.3 Å². The zero-order valence-electron chi connectivity index (χ0n) is 12.7. The number of thiazole rings is 1. The van der Waals surface area contributed by atoms with Crippen LogP contribution in [0.4, 0.5) is 10.9 Å². The molecule has 6 nitrogen and oxygen atoms in total. The number of aromatic nitrogens is 1. The summed E-state index contributed by atoms with van der Waals surface area (Å²) in [6.07, 6.45) is 1.00. The fourth-order valence-corrected chi connectivity index (χ4v) is 2.31. The molecule has 7 heteroatoms. The van der Waals surface area contributed by atoms with Crippen molar-refractivity contribution in [3.05, 3.63) is 4.88 Å². The third-order valence-corrected chi connectivity index (χ3v) is 4.05. The average Bonchev–Trinajstić information content (AvgIpc) is 2.77. The number of hydrogen-bond acceptors (Lipinski definition) is 6. The van der Waals surface area contributed by atoms with E-state index < -0.39 is 0 Å². The highest BCUT2D eigenvalue weighted by atomic mass is 32.1. The summed E-state index contributed by atoms with van der Waals surface area (Å²) in [5.41, 5.74) is 5.78. The molecule has 114 valence electrons. The van der Waals surface area contributed by atoms with Crippen LogP contribution in [-0.4, -0.2) is 48.5 Å². The zero-order valence-corrected chi connectivity index (χ0v) is 13.5. The van der Waals surface area contributed by atoms with E-state index in [-0.39, 0.29) is 5.91 Å². The number of hydrogen-bond donors (Lipinski definition) is 3. The van der Waals surface area contributed by atoms with Crippen molar-refractivity contribution in [1.29, 1.82) is 0 Å². The lowest BCUT2D eigenvalue weighted by Gasteiger charge is -2.20. The lowest BCUT2D eigenvalue weighted by atomic mass is 10.3. The maximum atomic E-state index is 12.0. The molecule has 0 spiro atoms. The predicted octanol–water partition coefficient (Wildman–Crippen LogP) is 1.62. The second kappa shape index (κ2) is 8.06. The summed E-state index contributed by atoms with van der Waals surface area (Å²) in [5.74, 6) is 0.144. The molecule has 0 aliphatic heterocycles. The van der Waals surface area contributed by atoms with Gasteiger partial charge in [-0.1, -0.05) is 18.3 Å². The minimum absolute atomic E-state index is 0.151. The van der Waals surface area contributed by atoms with Gasteiger partial charge in [0.05, 0.1) is 0 Å². The van der Waals surface area contributed by atoms with Crippen LogP contribution in [-0.2, 0) is 0 Å². The summed E-state index contributed by atoms with van der Waals surface area (Å²) >= 11 is 1.30. The number of amides is 1. The highest BCUT2D eigenvalue weighted by molar-refractivity contribution is 7.18. The standard InChI is InChI=1S/C13H25N5OS/c1-5-6-16-13-17-11(14)10(20-13)12(19)15-7-8-18(4)9(2)3/h9H,5-8,14H2,1-4H3,(H,15,19)(H,16,17). The molecule has 0 unspecified atom stereocenters. The fraction of sp³-hybridized carbons (Fsp3) is 0.692. The van der Waals surface area contributed by atoms with Crippen molar-refractivity contribution in [3.8, 4) is 0 Å². The van der Waals surface area contributed by atoms with E-state index in [0.29, 0.717) is 28.4 Å². The van der Waals surface area contributed by atoms with Gasteiger partial charge < -0.3 is 21.3 Å².